The number of likely N-dealkylation sites (tertiary alicyclic amines) is 1. The van der Waals surface area contributed by atoms with Crippen LogP contribution in [0.1, 0.15) is 29.7 Å². The first-order valence-corrected chi connectivity index (χ1v) is 10.6. The van der Waals surface area contributed by atoms with Crippen LogP contribution in [0.25, 0.3) is 21.7 Å². The highest BCUT2D eigenvalue weighted by Crippen LogP contribution is 2.34. The second-order valence-electron chi connectivity index (χ2n) is 7.08. The first kappa shape index (κ1) is 17.8. The summed E-state index contributed by atoms with van der Waals surface area (Å²) in [7, 11) is 0. The van der Waals surface area contributed by atoms with Gasteiger partial charge in [-0.1, -0.05) is 23.7 Å². The van der Waals surface area contributed by atoms with Crippen LogP contribution in [-0.4, -0.2) is 33.2 Å². The largest absolute Gasteiger partial charge is 0.419 e. The van der Waals surface area contributed by atoms with Crippen molar-refractivity contribution in [1.82, 2.24) is 20.1 Å². The van der Waals surface area contributed by atoms with Crippen LogP contribution in [0.4, 0.5) is 0 Å². The van der Waals surface area contributed by atoms with Crippen LogP contribution >= 0.6 is 22.9 Å². The predicted octanol–water partition coefficient (Wildman–Crippen LogP) is 5.38. The van der Waals surface area contributed by atoms with E-state index in [2.05, 4.69) is 39.4 Å². The van der Waals surface area contributed by atoms with E-state index in [4.69, 9.17) is 21.0 Å². The van der Waals surface area contributed by atoms with Crippen LogP contribution < -0.4 is 0 Å². The minimum Gasteiger partial charge on any atom is -0.419 e. The van der Waals surface area contributed by atoms with Crippen molar-refractivity contribution in [3.05, 3.63) is 64.5 Å². The van der Waals surface area contributed by atoms with Gasteiger partial charge in [0, 0.05) is 16.5 Å². The van der Waals surface area contributed by atoms with Gasteiger partial charge in [-0.25, -0.2) is 4.98 Å². The summed E-state index contributed by atoms with van der Waals surface area (Å²) in [5.74, 6) is 1.74. The summed E-state index contributed by atoms with van der Waals surface area (Å²) in [6, 6.07) is 15.8. The maximum Gasteiger partial charge on any atom is 0.247 e. The molecule has 5 nitrogen and oxygen atoms in total. The summed E-state index contributed by atoms with van der Waals surface area (Å²) in [4.78, 5) is 7.22. The van der Waals surface area contributed by atoms with E-state index in [9.17, 15) is 0 Å². The maximum absolute atomic E-state index is 5.94. The number of piperidine rings is 1. The molecule has 3 heterocycles. The molecule has 0 aliphatic carbocycles. The lowest BCUT2D eigenvalue weighted by Gasteiger charge is -2.29. The third-order valence-electron chi connectivity index (χ3n) is 5.16. The van der Waals surface area contributed by atoms with Gasteiger partial charge < -0.3 is 4.42 Å². The quantitative estimate of drug-likeness (QED) is 0.452. The number of hydrogen-bond acceptors (Lipinski definition) is 6. The van der Waals surface area contributed by atoms with Crippen LogP contribution in [0.2, 0.25) is 5.02 Å². The van der Waals surface area contributed by atoms with Gasteiger partial charge in [-0.05, 0) is 62.3 Å². The highest BCUT2D eigenvalue weighted by atomic mass is 35.5. The molecule has 0 bridgehead atoms. The fourth-order valence-electron chi connectivity index (χ4n) is 3.62. The smallest absolute Gasteiger partial charge is 0.247 e. The molecule has 7 heteroatoms. The number of thiazole rings is 1. The van der Waals surface area contributed by atoms with Gasteiger partial charge in [-0.2, -0.15) is 0 Å². The van der Waals surface area contributed by atoms with E-state index in [-0.39, 0.29) is 0 Å². The SMILES string of the molecule is Clc1ccc(-c2nnc(CN3CCC(c4nc5ccccc5s4)CC3)o2)cc1. The molecule has 4 aromatic rings. The van der Waals surface area contributed by atoms with E-state index in [1.165, 1.54) is 9.71 Å². The van der Waals surface area contributed by atoms with Crippen LogP contribution in [0.3, 0.4) is 0 Å². The first-order valence-electron chi connectivity index (χ1n) is 9.41. The summed E-state index contributed by atoms with van der Waals surface area (Å²) in [6.45, 7) is 2.71. The third kappa shape index (κ3) is 3.68. The Kier molecular flexibility index (Phi) is 4.84. The molecule has 0 unspecified atom stereocenters. The zero-order valence-electron chi connectivity index (χ0n) is 15.2. The Morgan fingerprint density at radius 1 is 1.04 bits per heavy atom. The predicted molar refractivity (Wildman–Crippen MR) is 112 cm³/mol. The molecule has 1 saturated heterocycles. The molecule has 28 heavy (non-hydrogen) atoms. The summed E-state index contributed by atoms with van der Waals surface area (Å²) < 4.78 is 7.12. The number of hydrogen-bond donors (Lipinski definition) is 0. The molecule has 0 N–H and O–H groups in total. The number of fused-ring (bicyclic) bond motifs is 1. The van der Waals surface area contributed by atoms with E-state index < -0.39 is 0 Å². The Bertz CT molecular complexity index is 1050. The Balaban J connectivity index is 1.21. The van der Waals surface area contributed by atoms with Crippen molar-refractivity contribution >= 4 is 33.2 Å². The van der Waals surface area contributed by atoms with Crippen molar-refractivity contribution in [3.63, 3.8) is 0 Å². The summed E-state index contributed by atoms with van der Waals surface area (Å²) in [5, 5.41) is 10.3. The van der Waals surface area contributed by atoms with Crippen molar-refractivity contribution in [2.24, 2.45) is 0 Å². The molecular formula is C21H19ClN4OS. The lowest BCUT2D eigenvalue weighted by atomic mass is 9.97. The molecular weight excluding hydrogens is 392 g/mol. The minimum atomic E-state index is 0.538. The molecule has 0 saturated carbocycles. The molecule has 0 spiro atoms. The number of halogens is 1. The van der Waals surface area contributed by atoms with Crippen LogP contribution in [0.5, 0.6) is 0 Å². The lowest BCUT2D eigenvalue weighted by Crippen LogP contribution is -2.32. The summed E-state index contributed by atoms with van der Waals surface area (Å²) in [6.07, 6.45) is 2.22. The summed E-state index contributed by atoms with van der Waals surface area (Å²) >= 11 is 7.77. The molecule has 142 valence electrons. The average molecular weight is 411 g/mol. The fraction of sp³-hybridized carbons (Fsp3) is 0.286. The second-order valence-corrected chi connectivity index (χ2v) is 8.58. The normalized spacial score (nSPS) is 16.0. The van der Waals surface area contributed by atoms with Gasteiger partial charge in [0.2, 0.25) is 11.8 Å². The van der Waals surface area contributed by atoms with Gasteiger partial charge in [0.05, 0.1) is 21.8 Å². The molecule has 5 rings (SSSR count). The molecule has 2 aromatic heterocycles. The monoisotopic (exact) mass is 410 g/mol. The van der Waals surface area contributed by atoms with E-state index in [0.717, 1.165) is 37.0 Å². The number of benzene rings is 2. The Labute approximate surface area is 172 Å². The number of nitrogens with zero attached hydrogens (tertiary/aromatic N) is 4. The zero-order valence-corrected chi connectivity index (χ0v) is 16.8. The Hall–Kier alpha value is -2.28. The number of para-hydroxylation sites is 1. The fourth-order valence-corrected chi connectivity index (χ4v) is 4.88. The van der Waals surface area contributed by atoms with Crippen molar-refractivity contribution in [1.29, 1.82) is 0 Å². The Morgan fingerprint density at radius 3 is 2.61 bits per heavy atom. The highest BCUT2D eigenvalue weighted by Gasteiger charge is 2.24. The molecule has 0 radical (unpaired) electrons. The average Bonchev–Trinajstić information content (AvgIpc) is 3.36. The van der Waals surface area contributed by atoms with Crippen LogP contribution in [-0.2, 0) is 6.54 Å². The Morgan fingerprint density at radius 2 is 1.82 bits per heavy atom. The van der Waals surface area contributed by atoms with E-state index in [1.54, 1.807) is 0 Å². The van der Waals surface area contributed by atoms with Gasteiger partial charge in [-0.3, -0.25) is 4.90 Å². The summed E-state index contributed by atoms with van der Waals surface area (Å²) in [5.41, 5.74) is 2.00. The van der Waals surface area contributed by atoms with E-state index >= 15 is 0 Å². The topological polar surface area (TPSA) is 55.1 Å². The minimum absolute atomic E-state index is 0.538. The molecule has 0 amide bonds. The second kappa shape index (κ2) is 7.62. The first-order chi connectivity index (χ1) is 13.7. The van der Waals surface area contributed by atoms with Gasteiger partial charge in [0.15, 0.2) is 0 Å². The molecule has 1 aliphatic rings. The number of rotatable bonds is 4. The van der Waals surface area contributed by atoms with Gasteiger partial charge in [0.1, 0.15) is 0 Å². The van der Waals surface area contributed by atoms with Crippen molar-refractivity contribution < 1.29 is 4.42 Å². The van der Waals surface area contributed by atoms with Gasteiger partial charge in [-0.15, -0.1) is 21.5 Å². The van der Waals surface area contributed by atoms with Crippen LogP contribution in [0, 0.1) is 0 Å². The molecule has 0 atom stereocenters. The molecule has 1 aliphatic heterocycles. The molecule has 2 aromatic carbocycles. The standard InChI is InChI=1S/C21H19ClN4OS/c22-16-7-5-14(6-8-16)20-25-24-19(27-20)13-26-11-9-15(10-12-26)21-23-17-3-1-2-4-18(17)28-21/h1-8,15H,9-13H2. The maximum atomic E-state index is 5.94. The van der Waals surface area contributed by atoms with E-state index in [1.807, 2.05) is 35.6 Å². The van der Waals surface area contributed by atoms with E-state index in [0.29, 0.717) is 29.3 Å². The van der Waals surface area contributed by atoms with Gasteiger partial charge in [0.25, 0.3) is 0 Å². The van der Waals surface area contributed by atoms with Crippen molar-refractivity contribution in [2.45, 2.75) is 25.3 Å². The third-order valence-corrected chi connectivity index (χ3v) is 6.62. The van der Waals surface area contributed by atoms with Gasteiger partial charge >= 0.3 is 0 Å². The number of aromatic nitrogens is 3. The van der Waals surface area contributed by atoms with Crippen LogP contribution in [0.15, 0.2) is 52.9 Å². The van der Waals surface area contributed by atoms with Crippen molar-refractivity contribution in [2.75, 3.05) is 13.1 Å². The molecule has 1 fully saturated rings. The highest BCUT2D eigenvalue weighted by molar-refractivity contribution is 7.18. The zero-order chi connectivity index (χ0) is 18.9. The van der Waals surface area contributed by atoms with Crippen molar-refractivity contribution in [3.8, 4) is 11.5 Å². The lowest BCUT2D eigenvalue weighted by molar-refractivity contribution is 0.188.